The Kier molecular flexibility index (Phi) is 5.96. The van der Waals surface area contributed by atoms with Crippen LogP contribution in [0.2, 0.25) is 0 Å². The van der Waals surface area contributed by atoms with Gasteiger partial charge in [-0.3, -0.25) is 0 Å². The zero-order valence-corrected chi connectivity index (χ0v) is 25.7. The smallest absolute Gasteiger partial charge is 0.0991 e. The standard InChI is InChI=1S/C41H24N2S2/c42-25-26-9-11-28(12-10-26)38-21-22-39(44-38)29-15-13-27(14-16-29)30-17-19-37-34(23-30)32-5-1-3-7-36(32)43(37)31-18-20-41-35(24-31)33-6-2-4-8-40(33)45-41/h1-24H. The topological polar surface area (TPSA) is 28.7 Å². The molecule has 3 heterocycles. The second-order valence-electron chi connectivity index (χ2n) is 11.3. The molecule has 9 rings (SSSR count). The first-order valence-corrected chi connectivity index (χ1v) is 16.5. The van der Waals surface area contributed by atoms with Gasteiger partial charge >= 0.3 is 0 Å². The molecule has 0 saturated carbocycles. The second kappa shape index (κ2) is 10.3. The molecular weight excluding hydrogens is 585 g/mol. The molecule has 0 aliphatic heterocycles. The summed E-state index contributed by atoms with van der Waals surface area (Å²) in [5.74, 6) is 0. The van der Waals surface area contributed by atoms with Gasteiger partial charge in [-0.25, -0.2) is 0 Å². The molecule has 0 amide bonds. The lowest BCUT2D eigenvalue weighted by Gasteiger charge is -2.09. The average molecular weight is 609 g/mol. The summed E-state index contributed by atoms with van der Waals surface area (Å²) in [5, 5.41) is 14.3. The van der Waals surface area contributed by atoms with Crippen molar-refractivity contribution in [3.63, 3.8) is 0 Å². The third-order valence-electron chi connectivity index (χ3n) is 8.70. The minimum Gasteiger partial charge on any atom is -0.309 e. The lowest BCUT2D eigenvalue weighted by Crippen LogP contribution is -1.93. The van der Waals surface area contributed by atoms with Crippen LogP contribution in [-0.2, 0) is 0 Å². The van der Waals surface area contributed by atoms with Crippen molar-refractivity contribution >= 4 is 64.7 Å². The van der Waals surface area contributed by atoms with E-state index in [1.54, 1.807) is 11.3 Å². The molecule has 0 aliphatic rings. The van der Waals surface area contributed by atoms with E-state index >= 15 is 0 Å². The van der Waals surface area contributed by atoms with Crippen LogP contribution in [-0.4, -0.2) is 4.57 Å². The summed E-state index contributed by atoms with van der Waals surface area (Å²) in [6.45, 7) is 0. The van der Waals surface area contributed by atoms with Gasteiger partial charge in [-0.05, 0) is 89.0 Å². The van der Waals surface area contributed by atoms with E-state index in [0.29, 0.717) is 5.56 Å². The molecule has 9 aromatic rings. The largest absolute Gasteiger partial charge is 0.309 e. The van der Waals surface area contributed by atoms with Gasteiger partial charge in [0.15, 0.2) is 0 Å². The van der Waals surface area contributed by atoms with Crippen LogP contribution in [0.5, 0.6) is 0 Å². The molecule has 210 valence electrons. The van der Waals surface area contributed by atoms with Crippen LogP contribution in [0.4, 0.5) is 0 Å². The molecule has 0 N–H and O–H groups in total. The van der Waals surface area contributed by atoms with E-state index in [4.69, 9.17) is 5.26 Å². The number of nitriles is 1. The first-order chi connectivity index (χ1) is 22.2. The van der Waals surface area contributed by atoms with E-state index in [9.17, 15) is 0 Å². The minimum absolute atomic E-state index is 0.683. The highest BCUT2D eigenvalue weighted by molar-refractivity contribution is 7.25. The summed E-state index contributed by atoms with van der Waals surface area (Å²) >= 11 is 3.63. The van der Waals surface area contributed by atoms with E-state index in [-0.39, 0.29) is 0 Å². The Labute approximate surface area is 268 Å². The summed E-state index contributed by atoms with van der Waals surface area (Å²) in [6, 6.07) is 54.4. The highest BCUT2D eigenvalue weighted by atomic mass is 32.1. The summed E-state index contributed by atoms with van der Waals surface area (Å²) in [5.41, 5.74) is 9.05. The normalized spacial score (nSPS) is 11.5. The summed E-state index contributed by atoms with van der Waals surface area (Å²) in [4.78, 5) is 2.43. The van der Waals surface area contributed by atoms with E-state index in [1.807, 2.05) is 35.6 Å². The Morgan fingerprint density at radius 2 is 1.07 bits per heavy atom. The number of rotatable bonds is 4. The number of fused-ring (bicyclic) bond motifs is 6. The monoisotopic (exact) mass is 608 g/mol. The van der Waals surface area contributed by atoms with Crippen LogP contribution in [0.1, 0.15) is 5.56 Å². The van der Waals surface area contributed by atoms with Gasteiger partial charge in [0.25, 0.3) is 0 Å². The predicted octanol–water partition coefficient (Wildman–Crippen LogP) is 12.1. The highest BCUT2D eigenvalue weighted by Gasteiger charge is 2.15. The number of thiophene rings is 2. The molecule has 2 nitrogen and oxygen atoms in total. The highest BCUT2D eigenvalue weighted by Crippen LogP contribution is 2.40. The zero-order valence-electron chi connectivity index (χ0n) is 24.1. The fourth-order valence-electron chi connectivity index (χ4n) is 6.47. The number of nitrogens with zero attached hydrogens (tertiary/aromatic N) is 2. The molecule has 0 atom stereocenters. The number of hydrogen-bond acceptors (Lipinski definition) is 3. The quantitative estimate of drug-likeness (QED) is 0.195. The molecule has 0 aliphatic carbocycles. The van der Waals surface area contributed by atoms with Crippen LogP contribution >= 0.6 is 22.7 Å². The van der Waals surface area contributed by atoms with Gasteiger partial charge in [0.1, 0.15) is 0 Å². The van der Waals surface area contributed by atoms with E-state index in [1.165, 1.54) is 74.1 Å². The second-order valence-corrected chi connectivity index (χ2v) is 13.5. The van der Waals surface area contributed by atoms with Crippen molar-refractivity contribution in [2.45, 2.75) is 0 Å². The molecule has 3 aromatic heterocycles. The van der Waals surface area contributed by atoms with Crippen molar-refractivity contribution in [3.05, 3.63) is 151 Å². The lowest BCUT2D eigenvalue weighted by atomic mass is 10.0. The van der Waals surface area contributed by atoms with Crippen molar-refractivity contribution in [1.82, 2.24) is 4.57 Å². The fraction of sp³-hybridized carbons (Fsp3) is 0. The van der Waals surface area contributed by atoms with Crippen molar-refractivity contribution < 1.29 is 0 Å². The SMILES string of the molecule is N#Cc1ccc(-c2ccc(-c3ccc(-c4ccc5c(c4)c4ccccc4n5-c4ccc5sc6ccccc6c5c4)cc3)s2)cc1. The van der Waals surface area contributed by atoms with Gasteiger partial charge in [0.2, 0.25) is 0 Å². The molecule has 4 heteroatoms. The Hall–Kier alpha value is -5.47. The summed E-state index contributed by atoms with van der Waals surface area (Å²) in [7, 11) is 0. The Balaban J connectivity index is 1.10. The van der Waals surface area contributed by atoms with Gasteiger partial charge < -0.3 is 4.57 Å². The molecule has 0 bridgehead atoms. The first-order valence-electron chi connectivity index (χ1n) is 14.9. The van der Waals surface area contributed by atoms with Crippen molar-refractivity contribution in [2.24, 2.45) is 0 Å². The number of hydrogen-bond donors (Lipinski definition) is 0. The number of para-hydroxylation sites is 1. The Morgan fingerprint density at radius 3 is 1.84 bits per heavy atom. The molecule has 0 saturated heterocycles. The van der Waals surface area contributed by atoms with Gasteiger partial charge in [-0.1, -0.05) is 78.9 Å². The summed E-state index contributed by atoms with van der Waals surface area (Å²) < 4.78 is 5.05. The van der Waals surface area contributed by atoms with Gasteiger partial charge in [-0.15, -0.1) is 22.7 Å². The molecule has 0 radical (unpaired) electrons. The number of aromatic nitrogens is 1. The Morgan fingerprint density at radius 1 is 0.444 bits per heavy atom. The Bertz CT molecular complexity index is 2590. The van der Waals surface area contributed by atoms with Crippen LogP contribution < -0.4 is 0 Å². The molecular formula is C41H24N2S2. The van der Waals surface area contributed by atoms with Crippen molar-refractivity contribution in [2.75, 3.05) is 0 Å². The van der Waals surface area contributed by atoms with Crippen LogP contribution in [0.25, 0.3) is 79.7 Å². The fourth-order valence-corrected chi connectivity index (χ4v) is 8.57. The molecule has 0 unspecified atom stereocenters. The van der Waals surface area contributed by atoms with Gasteiger partial charge in [0, 0.05) is 46.4 Å². The first kappa shape index (κ1) is 26.0. The maximum Gasteiger partial charge on any atom is 0.0991 e. The lowest BCUT2D eigenvalue weighted by molar-refractivity contribution is 1.19. The molecule has 0 fully saturated rings. The maximum atomic E-state index is 9.11. The molecule has 45 heavy (non-hydrogen) atoms. The van der Waals surface area contributed by atoms with E-state index in [0.717, 1.165) is 5.56 Å². The predicted molar refractivity (Wildman–Crippen MR) is 193 cm³/mol. The average Bonchev–Trinajstić information content (AvgIpc) is 3.82. The maximum absolute atomic E-state index is 9.11. The van der Waals surface area contributed by atoms with Crippen molar-refractivity contribution in [3.8, 4) is 43.8 Å². The van der Waals surface area contributed by atoms with Crippen LogP contribution in [0.3, 0.4) is 0 Å². The van der Waals surface area contributed by atoms with Crippen molar-refractivity contribution in [1.29, 1.82) is 5.26 Å². The van der Waals surface area contributed by atoms with E-state index < -0.39 is 0 Å². The van der Waals surface area contributed by atoms with Gasteiger partial charge in [0.05, 0.1) is 22.7 Å². The third-order valence-corrected chi connectivity index (χ3v) is 11.0. The van der Waals surface area contributed by atoms with Gasteiger partial charge in [-0.2, -0.15) is 5.26 Å². The third kappa shape index (κ3) is 4.29. The summed E-state index contributed by atoms with van der Waals surface area (Å²) in [6.07, 6.45) is 0. The number of benzene rings is 6. The molecule has 6 aromatic carbocycles. The van der Waals surface area contributed by atoms with Crippen LogP contribution in [0, 0.1) is 11.3 Å². The molecule has 0 spiro atoms. The van der Waals surface area contributed by atoms with Crippen LogP contribution in [0.15, 0.2) is 146 Å². The zero-order chi connectivity index (χ0) is 29.9. The minimum atomic E-state index is 0.683. The van der Waals surface area contributed by atoms with E-state index in [2.05, 4.69) is 132 Å².